The molecule has 4 rings (SSSR count). The minimum atomic E-state index is -1.07. The maximum absolute atomic E-state index is 12.4. The summed E-state index contributed by atoms with van der Waals surface area (Å²) in [6.07, 6.45) is 0.143. The number of hydrogen-bond donors (Lipinski definition) is 2. The van der Waals surface area contributed by atoms with Crippen LogP contribution >= 0.6 is 0 Å². The van der Waals surface area contributed by atoms with Crippen LogP contribution in [-0.2, 0) is 16.0 Å². The third kappa shape index (κ3) is 4.61. The van der Waals surface area contributed by atoms with E-state index in [4.69, 9.17) is 4.74 Å². The molecule has 1 amide bonds. The fraction of sp³-hybridized carbons (Fsp3) is 0.231. The Bertz CT molecular complexity index is 1060. The van der Waals surface area contributed by atoms with E-state index in [0.29, 0.717) is 12.8 Å². The zero-order chi connectivity index (χ0) is 21.8. The minimum Gasteiger partial charge on any atom is -0.480 e. The van der Waals surface area contributed by atoms with E-state index in [9.17, 15) is 14.7 Å². The Morgan fingerprint density at radius 3 is 2.23 bits per heavy atom. The number of aryl methyl sites for hydroxylation is 2. The third-order valence-electron chi connectivity index (χ3n) is 5.74. The van der Waals surface area contributed by atoms with Gasteiger partial charge in [-0.25, -0.2) is 9.59 Å². The number of carbonyl (C=O) groups excluding carboxylic acids is 1. The van der Waals surface area contributed by atoms with Crippen LogP contribution in [0.25, 0.3) is 11.1 Å². The molecule has 0 radical (unpaired) electrons. The predicted molar refractivity (Wildman–Crippen MR) is 119 cm³/mol. The van der Waals surface area contributed by atoms with Gasteiger partial charge in [0.05, 0.1) is 0 Å². The molecular formula is C26H25NO4. The highest BCUT2D eigenvalue weighted by molar-refractivity contribution is 5.81. The highest BCUT2D eigenvalue weighted by Crippen LogP contribution is 2.44. The first kappa shape index (κ1) is 20.7. The second-order valence-electron chi connectivity index (χ2n) is 7.89. The number of amides is 1. The number of carboxylic acid groups (broad SMARTS) is 1. The summed E-state index contributed by atoms with van der Waals surface area (Å²) in [5.74, 6) is -1.13. The number of rotatable bonds is 7. The Kier molecular flexibility index (Phi) is 6.03. The molecular weight excluding hydrogens is 390 g/mol. The van der Waals surface area contributed by atoms with Crippen molar-refractivity contribution < 1.29 is 19.4 Å². The molecule has 0 unspecified atom stereocenters. The van der Waals surface area contributed by atoms with Crippen molar-refractivity contribution in [1.82, 2.24) is 5.32 Å². The number of carbonyl (C=O) groups is 2. The molecule has 2 N–H and O–H groups in total. The highest BCUT2D eigenvalue weighted by Gasteiger charge is 2.29. The monoisotopic (exact) mass is 415 g/mol. The molecule has 3 aromatic rings. The van der Waals surface area contributed by atoms with Gasteiger partial charge in [0.25, 0.3) is 0 Å². The zero-order valence-corrected chi connectivity index (χ0v) is 17.4. The van der Waals surface area contributed by atoms with Gasteiger partial charge >= 0.3 is 12.1 Å². The first-order chi connectivity index (χ1) is 15.0. The number of alkyl carbamates (subject to hydrolysis) is 1. The van der Waals surface area contributed by atoms with Crippen molar-refractivity contribution in [3.63, 3.8) is 0 Å². The number of carboxylic acids is 1. The van der Waals surface area contributed by atoms with Gasteiger partial charge in [-0.1, -0.05) is 78.4 Å². The van der Waals surface area contributed by atoms with E-state index >= 15 is 0 Å². The molecule has 0 aliphatic heterocycles. The van der Waals surface area contributed by atoms with Gasteiger partial charge in [0.15, 0.2) is 0 Å². The lowest BCUT2D eigenvalue weighted by Gasteiger charge is -2.17. The van der Waals surface area contributed by atoms with Crippen molar-refractivity contribution in [2.24, 2.45) is 0 Å². The number of nitrogens with one attached hydrogen (secondary N) is 1. The van der Waals surface area contributed by atoms with Gasteiger partial charge in [-0.3, -0.25) is 0 Å². The second-order valence-corrected chi connectivity index (χ2v) is 7.89. The van der Waals surface area contributed by atoms with Crippen LogP contribution in [-0.4, -0.2) is 29.8 Å². The summed E-state index contributed by atoms with van der Waals surface area (Å²) in [5, 5.41) is 12.0. The normalized spacial score (nSPS) is 13.2. The van der Waals surface area contributed by atoms with Crippen LogP contribution in [0.4, 0.5) is 4.79 Å². The maximum atomic E-state index is 12.4. The van der Waals surface area contributed by atoms with E-state index in [-0.39, 0.29) is 12.5 Å². The lowest BCUT2D eigenvalue weighted by molar-refractivity contribution is -0.139. The smallest absolute Gasteiger partial charge is 0.407 e. The van der Waals surface area contributed by atoms with Crippen molar-refractivity contribution in [3.05, 3.63) is 95.1 Å². The minimum absolute atomic E-state index is 0.0614. The average Bonchev–Trinajstić information content (AvgIpc) is 3.09. The van der Waals surface area contributed by atoms with Gasteiger partial charge in [-0.05, 0) is 47.6 Å². The molecule has 5 nitrogen and oxygen atoms in total. The van der Waals surface area contributed by atoms with Crippen LogP contribution in [0.3, 0.4) is 0 Å². The van der Waals surface area contributed by atoms with Gasteiger partial charge < -0.3 is 15.2 Å². The highest BCUT2D eigenvalue weighted by atomic mass is 16.5. The van der Waals surface area contributed by atoms with E-state index < -0.39 is 18.1 Å². The molecule has 0 bridgehead atoms. The molecule has 0 heterocycles. The Morgan fingerprint density at radius 1 is 0.968 bits per heavy atom. The summed E-state index contributed by atoms with van der Waals surface area (Å²) in [4.78, 5) is 24.0. The molecule has 1 aliphatic carbocycles. The molecule has 0 fully saturated rings. The topological polar surface area (TPSA) is 75.6 Å². The largest absolute Gasteiger partial charge is 0.480 e. The first-order valence-corrected chi connectivity index (χ1v) is 10.4. The standard InChI is InChI=1S/C26H25NO4/c1-17-7-6-8-18(15-17)13-14-24(25(28)29)27-26(30)31-16-23-21-11-4-2-9-19(21)20-10-3-5-12-22(20)23/h2-12,15,23-24H,13-14,16H2,1H3,(H,27,30)(H,28,29)/t24-/m1/s1. The first-order valence-electron chi connectivity index (χ1n) is 10.4. The quantitative estimate of drug-likeness (QED) is 0.574. The van der Waals surface area contributed by atoms with Crippen molar-refractivity contribution in [3.8, 4) is 11.1 Å². The predicted octanol–water partition coefficient (Wildman–Crippen LogP) is 4.92. The molecule has 0 saturated heterocycles. The van der Waals surface area contributed by atoms with Crippen molar-refractivity contribution in [2.75, 3.05) is 6.61 Å². The summed E-state index contributed by atoms with van der Waals surface area (Å²) in [6.45, 7) is 2.15. The summed E-state index contributed by atoms with van der Waals surface area (Å²) < 4.78 is 5.48. The van der Waals surface area contributed by atoms with Gasteiger partial charge in [-0.15, -0.1) is 0 Å². The molecule has 0 saturated carbocycles. The van der Waals surface area contributed by atoms with E-state index in [1.807, 2.05) is 67.6 Å². The van der Waals surface area contributed by atoms with Gasteiger partial charge in [0, 0.05) is 5.92 Å². The lowest BCUT2D eigenvalue weighted by Crippen LogP contribution is -2.41. The fourth-order valence-corrected chi connectivity index (χ4v) is 4.22. The molecule has 31 heavy (non-hydrogen) atoms. The number of hydrogen-bond acceptors (Lipinski definition) is 3. The fourth-order valence-electron chi connectivity index (χ4n) is 4.22. The molecule has 5 heteroatoms. The molecule has 3 aromatic carbocycles. The molecule has 0 spiro atoms. The Hall–Kier alpha value is -3.60. The maximum Gasteiger partial charge on any atom is 0.407 e. The Labute approximate surface area is 181 Å². The summed E-state index contributed by atoms with van der Waals surface area (Å²) in [5.41, 5.74) is 6.69. The van der Waals surface area contributed by atoms with Gasteiger partial charge in [0.1, 0.15) is 12.6 Å². The number of fused-ring (bicyclic) bond motifs is 3. The Morgan fingerprint density at radius 2 is 1.61 bits per heavy atom. The van der Waals surface area contributed by atoms with Crippen molar-refractivity contribution >= 4 is 12.1 Å². The van der Waals surface area contributed by atoms with Crippen molar-refractivity contribution in [2.45, 2.75) is 31.7 Å². The van der Waals surface area contributed by atoms with E-state index in [1.54, 1.807) is 0 Å². The summed E-state index contributed by atoms with van der Waals surface area (Å²) >= 11 is 0. The van der Waals surface area contributed by atoms with E-state index in [1.165, 1.54) is 0 Å². The van der Waals surface area contributed by atoms with Crippen molar-refractivity contribution in [1.29, 1.82) is 0 Å². The molecule has 0 aromatic heterocycles. The van der Waals surface area contributed by atoms with Gasteiger partial charge in [0.2, 0.25) is 0 Å². The zero-order valence-electron chi connectivity index (χ0n) is 17.4. The number of ether oxygens (including phenoxy) is 1. The second kappa shape index (κ2) is 9.04. The van der Waals surface area contributed by atoms with E-state index in [2.05, 4.69) is 17.4 Å². The Balaban J connectivity index is 1.38. The van der Waals surface area contributed by atoms with Gasteiger partial charge in [-0.2, -0.15) is 0 Å². The van der Waals surface area contributed by atoms with Crippen LogP contribution in [0.5, 0.6) is 0 Å². The van der Waals surface area contributed by atoms with Crippen LogP contribution in [0, 0.1) is 6.92 Å². The summed E-state index contributed by atoms with van der Waals surface area (Å²) in [6, 6.07) is 23.1. The molecule has 158 valence electrons. The molecule has 1 aliphatic rings. The number of aliphatic carboxylic acids is 1. The average molecular weight is 415 g/mol. The summed E-state index contributed by atoms with van der Waals surface area (Å²) in [7, 11) is 0. The van der Waals surface area contributed by atoms with Crippen LogP contribution in [0.1, 0.15) is 34.6 Å². The number of benzene rings is 3. The van der Waals surface area contributed by atoms with Crippen LogP contribution in [0.15, 0.2) is 72.8 Å². The van der Waals surface area contributed by atoms with Crippen LogP contribution < -0.4 is 5.32 Å². The lowest BCUT2D eigenvalue weighted by atomic mass is 9.98. The van der Waals surface area contributed by atoms with Crippen LogP contribution in [0.2, 0.25) is 0 Å². The third-order valence-corrected chi connectivity index (χ3v) is 5.74. The SMILES string of the molecule is Cc1cccc(CC[C@@H](NC(=O)OCC2c3ccccc3-c3ccccc32)C(=O)O)c1. The van der Waals surface area contributed by atoms with E-state index in [0.717, 1.165) is 33.4 Å². The molecule has 1 atom stereocenters.